The Labute approximate surface area is 165 Å². The number of nitrogen functional groups attached to an aromatic ring is 2. The molecule has 1 aliphatic rings. The number of phenols is 2. The smallest absolute Gasteiger partial charge is 0.199 e. The van der Waals surface area contributed by atoms with E-state index >= 15 is 0 Å². The molecular formula is C21H18N2O4S. The standard InChI is InChI=1S/C21H18N2O4S/c1-9-2-4-10(5-3-9)28-14-8-12(23)16-18(19(14)25)21(27)15-11(22)6-7-13(24)17(15)20(16)26/h2-8,21,24-25,27H,22-23H2,1H3. The minimum absolute atomic E-state index is 0.00408. The lowest BCUT2D eigenvalue weighted by Crippen LogP contribution is -2.23. The molecule has 1 atom stereocenters. The summed E-state index contributed by atoms with van der Waals surface area (Å²) in [5.41, 5.74) is 13.4. The Balaban J connectivity index is 1.90. The summed E-state index contributed by atoms with van der Waals surface area (Å²) in [6.07, 6.45) is -1.39. The molecule has 0 saturated carbocycles. The fourth-order valence-corrected chi connectivity index (χ4v) is 4.36. The minimum atomic E-state index is -1.39. The number of hydrogen-bond acceptors (Lipinski definition) is 7. The fourth-order valence-electron chi connectivity index (χ4n) is 3.45. The zero-order chi connectivity index (χ0) is 20.2. The maximum absolute atomic E-state index is 13.0. The van der Waals surface area contributed by atoms with Gasteiger partial charge in [-0.25, -0.2) is 0 Å². The number of benzene rings is 3. The van der Waals surface area contributed by atoms with Crippen LogP contribution in [0.4, 0.5) is 11.4 Å². The van der Waals surface area contributed by atoms with Gasteiger partial charge in [-0.1, -0.05) is 29.5 Å². The highest BCUT2D eigenvalue weighted by Crippen LogP contribution is 2.50. The molecule has 3 aromatic carbocycles. The van der Waals surface area contributed by atoms with Crippen molar-refractivity contribution in [3.05, 3.63) is 70.3 Å². The van der Waals surface area contributed by atoms with Gasteiger partial charge in [-0.2, -0.15) is 0 Å². The predicted octanol–water partition coefficient (Wildman–Crippen LogP) is 3.35. The zero-order valence-electron chi connectivity index (χ0n) is 14.9. The Bertz CT molecular complexity index is 1130. The van der Waals surface area contributed by atoms with Gasteiger partial charge < -0.3 is 26.8 Å². The number of aliphatic hydroxyl groups excluding tert-OH is 1. The molecule has 0 amide bonds. The molecule has 1 unspecified atom stereocenters. The topological polar surface area (TPSA) is 130 Å². The zero-order valence-corrected chi connectivity index (χ0v) is 15.7. The molecule has 142 valence electrons. The fraction of sp³-hybridized carbons (Fsp3) is 0.0952. The van der Waals surface area contributed by atoms with Crippen LogP contribution in [-0.2, 0) is 0 Å². The van der Waals surface area contributed by atoms with Gasteiger partial charge in [-0.15, -0.1) is 0 Å². The normalized spacial score (nSPS) is 15.2. The number of fused-ring (bicyclic) bond motifs is 2. The van der Waals surface area contributed by atoms with Crippen LogP contribution in [0.15, 0.2) is 52.3 Å². The van der Waals surface area contributed by atoms with Crippen LogP contribution in [0.1, 0.15) is 38.7 Å². The van der Waals surface area contributed by atoms with Crippen LogP contribution in [0.5, 0.6) is 11.5 Å². The van der Waals surface area contributed by atoms with Gasteiger partial charge in [0.1, 0.15) is 17.6 Å². The lowest BCUT2D eigenvalue weighted by molar-refractivity contribution is 0.101. The van der Waals surface area contributed by atoms with E-state index in [0.717, 1.165) is 10.5 Å². The van der Waals surface area contributed by atoms with Crippen LogP contribution in [-0.4, -0.2) is 21.1 Å². The molecule has 0 aliphatic heterocycles. The van der Waals surface area contributed by atoms with E-state index in [9.17, 15) is 20.1 Å². The largest absolute Gasteiger partial charge is 0.507 e. The van der Waals surface area contributed by atoms with E-state index in [1.165, 1.54) is 30.0 Å². The number of aliphatic hydroxyl groups is 1. The summed E-state index contributed by atoms with van der Waals surface area (Å²) < 4.78 is 0. The molecule has 7 heteroatoms. The summed E-state index contributed by atoms with van der Waals surface area (Å²) in [6, 6.07) is 11.9. The summed E-state index contributed by atoms with van der Waals surface area (Å²) in [4.78, 5) is 14.3. The van der Waals surface area contributed by atoms with Crippen LogP contribution in [0.25, 0.3) is 0 Å². The van der Waals surface area contributed by atoms with Gasteiger partial charge >= 0.3 is 0 Å². The van der Waals surface area contributed by atoms with Crippen LogP contribution in [0.3, 0.4) is 0 Å². The highest BCUT2D eigenvalue weighted by molar-refractivity contribution is 7.99. The highest BCUT2D eigenvalue weighted by Gasteiger charge is 2.38. The summed E-state index contributed by atoms with van der Waals surface area (Å²) in [7, 11) is 0. The van der Waals surface area contributed by atoms with Crippen molar-refractivity contribution < 1.29 is 20.1 Å². The summed E-state index contributed by atoms with van der Waals surface area (Å²) in [5, 5.41) is 31.9. The van der Waals surface area contributed by atoms with Crippen molar-refractivity contribution in [1.82, 2.24) is 0 Å². The van der Waals surface area contributed by atoms with Crippen molar-refractivity contribution in [1.29, 1.82) is 0 Å². The Hall–Kier alpha value is -3.16. The second kappa shape index (κ2) is 6.47. The Kier molecular flexibility index (Phi) is 4.21. The molecule has 0 radical (unpaired) electrons. The molecule has 6 nitrogen and oxygen atoms in total. The number of aromatic hydroxyl groups is 2. The molecule has 0 saturated heterocycles. The van der Waals surface area contributed by atoms with Gasteiger partial charge in [-0.3, -0.25) is 4.79 Å². The van der Waals surface area contributed by atoms with Gasteiger partial charge in [-0.05, 0) is 37.3 Å². The molecule has 0 aromatic heterocycles. The van der Waals surface area contributed by atoms with E-state index in [1.54, 1.807) is 0 Å². The number of aryl methyl sites for hydroxylation is 1. The maximum atomic E-state index is 13.0. The average Bonchev–Trinajstić information content (AvgIpc) is 2.66. The third kappa shape index (κ3) is 2.67. The molecule has 4 rings (SSSR count). The second-order valence-corrected chi connectivity index (χ2v) is 7.83. The van der Waals surface area contributed by atoms with Crippen molar-refractivity contribution in [2.24, 2.45) is 0 Å². The first kappa shape index (κ1) is 18.2. The molecule has 3 aromatic rings. The lowest BCUT2D eigenvalue weighted by Gasteiger charge is -2.28. The number of ketones is 1. The summed E-state index contributed by atoms with van der Waals surface area (Å²) in [6.45, 7) is 1.97. The third-order valence-corrected chi connectivity index (χ3v) is 5.88. The van der Waals surface area contributed by atoms with E-state index in [1.807, 2.05) is 31.2 Å². The second-order valence-electron chi connectivity index (χ2n) is 6.71. The molecule has 7 N–H and O–H groups in total. The SMILES string of the molecule is Cc1ccc(Sc2cc(N)c3c(c2O)C(O)c2c(N)ccc(O)c2C3=O)cc1. The van der Waals surface area contributed by atoms with Crippen LogP contribution in [0, 0.1) is 6.92 Å². The van der Waals surface area contributed by atoms with Gasteiger partial charge in [0.25, 0.3) is 0 Å². The minimum Gasteiger partial charge on any atom is -0.507 e. The number of nitrogens with two attached hydrogens (primary N) is 2. The molecule has 0 spiro atoms. The van der Waals surface area contributed by atoms with Crippen molar-refractivity contribution in [2.45, 2.75) is 22.8 Å². The summed E-state index contributed by atoms with van der Waals surface area (Å²) >= 11 is 1.27. The number of rotatable bonds is 2. The van der Waals surface area contributed by atoms with Gasteiger partial charge in [0.15, 0.2) is 5.78 Å². The predicted molar refractivity (Wildman–Crippen MR) is 108 cm³/mol. The first-order valence-electron chi connectivity index (χ1n) is 8.53. The average molecular weight is 394 g/mol. The Morgan fingerprint density at radius 3 is 2.29 bits per heavy atom. The Morgan fingerprint density at radius 1 is 0.929 bits per heavy atom. The molecule has 28 heavy (non-hydrogen) atoms. The van der Waals surface area contributed by atoms with Crippen molar-refractivity contribution in [3.8, 4) is 11.5 Å². The molecule has 0 bridgehead atoms. The first-order valence-corrected chi connectivity index (χ1v) is 9.35. The number of anilines is 2. The van der Waals surface area contributed by atoms with Gasteiger partial charge in [0.05, 0.1) is 16.0 Å². The van der Waals surface area contributed by atoms with E-state index < -0.39 is 11.9 Å². The number of carbonyl (C=O) groups excluding carboxylic acids is 1. The molecule has 0 heterocycles. The number of hydrogen-bond donors (Lipinski definition) is 5. The molecule has 1 aliphatic carbocycles. The van der Waals surface area contributed by atoms with Crippen LogP contribution in [0.2, 0.25) is 0 Å². The Morgan fingerprint density at radius 2 is 1.61 bits per heavy atom. The monoisotopic (exact) mass is 394 g/mol. The number of carbonyl (C=O) groups is 1. The highest BCUT2D eigenvalue weighted by atomic mass is 32.2. The lowest BCUT2D eigenvalue weighted by atomic mass is 9.80. The summed E-state index contributed by atoms with van der Waals surface area (Å²) in [5.74, 6) is -1.11. The first-order chi connectivity index (χ1) is 13.3. The maximum Gasteiger partial charge on any atom is 0.199 e. The van der Waals surface area contributed by atoms with Crippen LogP contribution >= 0.6 is 11.8 Å². The third-order valence-electron chi connectivity index (χ3n) is 4.84. The van der Waals surface area contributed by atoms with Crippen molar-refractivity contribution in [2.75, 3.05) is 11.5 Å². The van der Waals surface area contributed by atoms with E-state index in [-0.39, 0.29) is 45.1 Å². The number of phenolic OH excluding ortho intramolecular Hbond substituents is 2. The molecule has 0 fully saturated rings. The van der Waals surface area contributed by atoms with Crippen molar-refractivity contribution in [3.63, 3.8) is 0 Å². The van der Waals surface area contributed by atoms with Crippen LogP contribution < -0.4 is 11.5 Å². The van der Waals surface area contributed by atoms with Gasteiger partial charge in [0, 0.05) is 27.4 Å². The van der Waals surface area contributed by atoms with Crippen molar-refractivity contribution >= 4 is 28.9 Å². The van der Waals surface area contributed by atoms with E-state index in [0.29, 0.717) is 4.90 Å². The van der Waals surface area contributed by atoms with E-state index in [2.05, 4.69) is 0 Å². The quantitative estimate of drug-likeness (QED) is 0.333. The van der Waals surface area contributed by atoms with E-state index in [4.69, 9.17) is 11.5 Å². The van der Waals surface area contributed by atoms with Gasteiger partial charge in [0.2, 0.25) is 0 Å². The molecular weight excluding hydrogens is 376 g/mol.